The average molecular weight is 796 g/mol. The minimum atomic E-state index is -1.28. The van der Waals surface area contributed by atoms with E-state index in [0.717, 1.165) is 0 Å². The van der Waals surface area contributed by atoms with Crippen LogP contribution in [0.1, 0.15) is 0 Å². The minimum absolute atomic E-state index is 0.0974. The Labute approximate surface area is 340 Å². The molecule has 0 unspecified atom stereocenters. The smallest absolute Gasteiger partial charge is 0.0880 e. The number of rotatable bonds is 12. The normalized spacial score (nSPS) is 11.5. The van der Waals surface area contributed by atoms with Crippen LogP contribution in [0.25, 0.3) is 0 Å². The van der Waals surface area contributed by atoms with Crippen molar-refractivity contribution in [1.29, 1.82) is 0 Å². The summed E-state index contributed by atoms with van der Waals surface area (Å²) in [5, 5.41) is 12.4. The Hall–Kier alpha value is -4.39. The van der Waals surface area contributed by atoms with Gasteiger partial charge < -0.3 is 0 Å². The summed E-state index contributed by atoms with van der Waals surface area (Å²) >= 11 is 0. The highest BCUT2D eigenvalue weighted by atomic mass is 31.2. The van der Waals surface area contributed by atoms with Gasteiger partial charge in [-0.3, -0.25) is 0 Å². The van der Waals surface area contributed by atoms with Crippen molar-refractivity contribution in [2.45, 2.75) is 0 Å². The lowest BCUT2D eigenvalue weighted by Crippen LogP contribution is -2.27. The van der Waals surface area contributed by atoms with Gasteiger partial charge in [-0.15, -0.1) is 0 Å². The predicted molar refractivity (Wildman–Crippen MR) is 266 cm³/mol. The van der Waals surface area contributed by atoms with E-state index in [2.05, 4.69) is 243 Å². The van der Waals surface area contributed by atoms with E-state index in [9.17, 15) is 0 Å². The molecule has 0 N–H and O–H groups in total. The van der Waals surface area contributed by atoms with Crippen molar-refractivity contribution in [2.75, 3.05) is 11.8 Å². The van der Waals surface area contributed by atoms with Gasteiger partial charge in [0.25, 0.3) is 0 Å². The summed E-state index contributed by atoms with van der Waals surface area (Å²) in [6.07, 6.45) is 0. The Kier molecular flexibility index (Phi) is 14.0. The van der Waals surface area contributed by atoms with Gasteiger partial charge >= 0.3 is 0 Å². The van der Waals surface area contributed by atoms with Gasteiger partial charge in [0.15, 0.2) is 0 Å². The van der Waals surface area contributed by atoms with Gasteiger partial charge in [0.1, 0.15) is 15.1 Å². The largest absolute Gasteiger partial charge is 0.138 e. The molecule has 0 heterocycles. The van der Waals surface area contributed by atoms with E-state index in [-0.39, 0.29) is 31.0 Å². The summed E-state index contributed by atoms with van der Waals surface area (Å²) in [5.41, 5.74) is 0. The maximum Gasteiger partial charge on any atom is 0.138 e. The molecule has 0 nitrogen and oxygen atoms in total. The highest BCUT2D eigenvalue weighted by molar-refractivity contribution is 8.13. The maximum atomic E-state index is 2.39. The molecule has 8 aromatic rings. The summed E-state index contributed by atoms with van der Waals surface area (Å²) in [6.45, 7) is 0. The molecule has 0 aromatic heterocycles. The molecule has 0 aliphatic carbocycles. The molecule has 0 aliphatic rings. The van der Waals surface area contributed by atoms with Crippen molar-refractivity contribution in [2.24, 2.45) is 0 Å². The lowest BCUT2D eigenvalue weighted by Gasteiger charge is -2.34. The molecule has 8 aromatic carbocycles. The van der Waals surface area contributed by atoms with Crippen LogP contribution in [0.3, 0.4) is 0 Å². The third-order valence-electron chi connectivity index (χ3n) is 9.11. The summed E-state index contributed by atoms with van der Waals surface area (Å²) < 4.78 is 0. The van der Waals surface area contributed by atoms with Crippen LogP contribution in [0.2, 0.25) is 0 Å². The second-order valence-corrected chi connectivity index (χ2v) is 22.5. The van der Waals surface area contributed by atoms with Crippen LogP contribution in [0.15, 0.2) is 243 Å². The molecule has 0 saturated heterocycles. The Bertz CT molecular complexity index is 1990. The number of benzene rings is 8. The van der Waals surface area contributed by atoms with E-state index in [1.165, 1.54) is 33.0 Å². The van der Waals surface area contributed by atoms with Crippen LogP contribution in [-0.4, -0.2) is 26.9 Å². The summed E-state index contributed by atoms with van der Waals surface area (Å²) in [7, 11) is -3.12. The second kappa shape index (κ2) is 19.7. The van der Waals surface area contributed by atoms with Crippen LogP contribution in [-0.2, 0) is 0 Å². The fourth-order valence-corrected chi connectivity index (χ4v) is 19.3. The van der Waals surface area contributed by atoms with Crippen LogP contribution in [0, 0.1) is 0 Å². The van der Waals surface area contributed by atoms with Gasteiger partial charge in [-0.05, 0) is 85.6 Å². The lowest BCUT2D eigenvalue weighted by atomic mass is 10.4. The molecule has 0 atom stereocenters. The fraction of sp³-hybridized carbons (Fsp3) is 0.0400. The molecular weight excluding hydrogens is 746 g/mol. The topological polar surface area (TPSA) is 0 Å². The Balaban J connectivity index is 0.000000172. The van der Waals surface area contributed by atoms with Crippen LogP contribution >= 0.6 is 30.1 Å². The van der Waals surface area contributed by atoms with Gasteiger partial charge in [0, 0.05) is 0 Å². The van der Waals surface area contributed by atoms with Gasteiger partial charge in [-0.2, -0.15) is 0 Å². The molecule has 0 amide bonds. The molecule has 0 spiro atoms. The van der Waals surface area contributed by atoms with E-state index >= 15 is 0 Å². The van der Waals surface area contributed by atoms with Crippen molar-refractivity contribution in [3.05, 3.63) is 243 Å². The zero-order valence-corrected chi connectivity index (χ0v) is 33.9. The van der Waals surface area contributed by atoms with E-state index in [0.29, 0.717) is 0 Å². The molecular formula is C50H50B2P4. The van der Waals surface area contributed by atoms with Crippen LogP contribution in [0.4, 0.5) is 0 Å². The first kappa shape index (κ1) is 39.8. The summed E-state index contributed by atoms with van der Waals surface area (Å²) in [5.74, 6) is 2.59. The third-order valence-corrected chi connectivity index (χ3v) is 21.0. The van der Waals surface area contributed by atoms with E-state index in [1.807, 2.05) is 0 Å². The molecule has 56 heavy (non-hydrogen) atoms. The lowest BCUT2D eigenvalue weighted by molar-refractivity contribution is 1.73. The first-order valence-electron chi connectivity index (χ1n) is 18.3. The Morgan fingerprint density at radius 2 is 0.411 bits per heavy atom. The van der Waals surface area contributed by atoms with E-state index in [4.69, 9.17) is 0 Å². The molecule has 8 rings (SSSR count). The average Bonchev–Trinajstić information content (AvgIpc) is 3.30. The second-order valence-electron chi connectivity index (χ2n) is 12.7. The Morgan fingerprint density at radius 1 is 0.250 bits per heavy atom. The predicted octanol–water partition coefficient (Wildman–Crippen LogP) is 8.05. The minimum Gasteiger partial charge on any atom is -0.0880 e. The molecule has 276 valence electrons. The van der Waals surface area contributed by atoms with Crippen molar-refractivity contribution < 1.29 is 0 Å². The molecule has 0 radical (unpaired) electrons. The molecule has 0 fully saturated rings. The van der Waals surface area contributed by atoms with Crippen molar-refractivity contribution in [1.82, 2.24) is 0 Å². The van der Waals surface area contributed by atoms with Gasteiger partial charge in [0.2, 0.25) is 0 Å². The van der Waals surface area contributed by atoms with Crippen molar-refractivity contribution in [3.63, 3.8) is 0 Å². The van der Waals surface area contributed by atoms with E-state index in [1.54, 1.807) is 21.2 Å². The summed E-state index contributed by atoms with van der Waals surface area (Å²) in [4.78, 5) is 0. The summed E-state index contributed by atoms with van der Waals surface area (Å²) in [6, 6.07) is 90.2. The van der Waals surface area contributed by atoms with Crippen molar-refractivity contribution in [3.8, 4) is 0 Å². The zero-order chi connectivity index (χ0) is 38.5. The highest BCUT2D eigenvalue weighted by Crippen LogP contribution is 2.61. The van der Waals surface area contributed by atoms with Crippen molar-refractivity contribution >= 4 is 87.7 Å². The number of hydrogen-bond donors (Lipinski definition) is 0. The molecule has 0 saturated carbocycles. The third kappa shape index (κ3) is 9.76. The quantitative estimate of drug-likeness (QED) is 0.0868. The van der Waals surface area contributed by atoms with Crippen LogP contribution in [0.5, 0.6) is 0 Å². The fourth-order valence-electron chi connectivity index (χ4n) is 6.40. The molecule has 0 aliphatic heterocycles. The first-order valence-corrected chi connectivity index (χ1v) is 24.4. The molecule has 6 heteroatoms. The first-order chi connectivity index (χ1) is 27.5. The van der Waals surface area contributed by atoms with Crippen LogP contribution < -0.4 is 42.4 Å². The van der Waals surface area contributed by atoms with Gasteiger partial charge in [0.05, 0.1) is 33.0 Å². The molecule has 0 bridgehead atoms. The zero-order valence-electron chi connectivity index (χ0n) is 30.3. The van der Waals surface area contributed by atoms with Gasteiger partial charge in [-0.25, -0.2) is 0 Å². The Morgan fingerprint density at radius 3 is 0.589 bits per heavy atom. The monoisotopic (exact) mass is 796 g/mol. The maximum absolute atomic E-state index is 2.39. The van der Waals surface area contributed by atoms with E-state index < -0.39 is 14.3 Å². The number of hydrogen-bond acceptors (Lipinski definition) is 0. The highest BCUT2D eigenvalue weighted by Gasteiger charge is 2.36. The SMILES string of the molecule is [BH3-][P+](CP(c1ccccc1)c1ccccc1)(c1ccccc1)c1ccccc1.[BH3-][P+](CP(c1ccccc1)c1ccccc1)(c1ccccc1)c1ccccc1. The standard InChI is InChI=1S/2C25H25BP2/c2*26-28(24-17-9-3-10-18-24,25-19-11-4-12-20-25)21-27(22-13-5-1-6-14-22)23-15-7-2-8-16-23/h2*1-20H,21H2,26H3. The van der Waals surface area contributed by atoms with Gasteiger partial charge in [-0.1, -0.05) is 208 Å².